The number of rotatable bonds is 4. The molecule has 2 amide bonds. The lowest BCUT2D eigenvalue weighted by Gasteiger charge is -2.29. The molecule has 1 aliphatic rings. The third-order valence-corrected chi connectivity index (χ3v) is 4.06. The monoisotopic (exact) mass is 282 g/mol. The summed E-state index contributed by atoms with van der Waals surface area (Å²) in [6.45, 7) is 1.58. The van der Waals surface area contributed by atoms with Gasteiger partial charge in [0, 0.05) is 26.1 Å². The van der Waals surface area contributed by atoms with Crippen LogP contribution in [0.1, 0.15) is 28.9 Å². The molecule has 0 aromatic carbocycles. The van der Waals surface area contributed by atoms with Crippen LogP contribution >= 0.6 is 11.3 Å². The average molecular weight is 282 g/mol. The summed E-state index contributed by atoms with van der Waals surface area (Å²) in [7, 11) is 0. The zero-order chi connectivity index (χ0) is 13.7. The largest absolute Gasteiger partial charge is 0.393 e. The van der Waals surface area contributed by atoms with Gasteiger partial charge in [-0.2, -0.15) is 0 Å². The predicted octanol–water partition coefficient (Wildman–Crippen LogP) is 0.851. The third-order valence-electron chi connectivity index (χ3n) is 3.19. The lowest BCUT2D eigenvalue weighted by molar-refractivity contribution is -0.133. The summed E-state index contributed by atoms with van der Waals surface area (Å²) in [4.78, 5) is 25.9. The second-order valence-electron chi connectivity index (χ2n) is 4.60. The molecular weight excluding hydrogens is 264 g/mol. The predicted molar refractivity (Wildman–Crippen MR) is 73.1 cm³/mol. The summed E-state index contributed by atoms with van der Waals surface area (Å²) < 4.78 is 0. The van der Waals surface area contributed by atoms with Gasteiger partial charge >= 0.3 is 0 Å². The first-order chi connectivity index (χ1) is 9.16. The van der Waals surface area contributed by atoms with Crippen molar-refractivity contribution in [3.05, 3.63) is 22.4 Å². The van der Waals surface area contributed by atoms with Crippen LogP contribution in [-0.4, -0.2) is 47.6 Å². The Morgan fingerprint density at radius 2 is 2.16 bits per heavy atom. The number of hydrogen-bond donors (Lipinski definition) is 2. The second-order valence-corrected chi connectivity index (χ2v) is 5.54. The van der Waals surface area contributed by atoms with Crippen molar-refractivity contribution in [2.24, 2.45) is 0 Å². The molecule has 104 valence electrons. The summed E-state index contributed by atoms with van der Waals surface area (Å²) in [5, 5.41) is 14.0. The van der Waals surface area contributed by atoms with Gasteiger partial charge in [-0.15, -0.1) is 11.3 Å². The van der Waals surface area contributed by atoms with Crippen molar-refractivity contribution in [2.45, 2.75) is 25.4 Å². The van der Waals surface area contributed by atoms with Crippen molar-refractivity contribution >= 4 is 23.2 Å². The van der Waals surface area contributed by atoms with Crippen LogP contribution in [0.5, 0.6) is 0 Å². The number of nitrogens with one attached hydrogen (secondary N) is 1. The van der Waals surface area contributed by atoms with Crippen molar-refractivity contribution < 1.29 is 14.7 Å². The Balaban J connectivity index is 1.68. The SMILES string of the molecule is O=C(NCCC(=O)N1CCC(O)CC1)c1cccs1. The number of aliphatic hydroxyl groups is 1. The number of hydrogen-bond acceptors (Lipinski definition) is 4. The molecule has 1 fully saturated rings. The van der Waals surface area contributed by atoms with Gasteiger partial charge in [-0.05, 0) is 24.3 Å². The molecule has 2 N–H and O–H groups in total. The molecule has 1 saturated heterocycles. The van der Waals surface area contributed by atoms with E-state index in [1.807, 2.05) is 11.4 Å². The van der Waals surface area contributed by atoms with Crippen LogP contribution in [0, 0.1) is 0 Å². The van der Waals surface area contributed by atoms with E-state index in [0.717, 1.165) is 0 Å². The van der Waals surface area contributed by atoms with Crippen molar-refractivity contribution in [1.82, 2.24) is 10.2 Å². The van der Waals surface area contributed by atoms with E-state index in [9.17, 15) is 14.7 Å². The molecule has 2 rings (SSSR count). The molecule has 5 nitrogen and oxygen atoms in total. The fourth-order valence-electron chi connectivity index (χ4n) is 2.05. The van der Waals surface area contributed by atoms with Crippen molar-refractivity contribution in [1.29, 1.82) is 0 Å². The maximum Gasteiger partial charge on any atom is 0.261 e. The highest BCUT2D eigenvalue weighted by Crippen LogP contribution is 2.11. The van der Waals surface area contributed by atoms with Gasteiger partial charge < -0.3 is 15.3 Å². The number of thiophene rings is 1. The lowest BCUT2D eigenvalue weighted by atomic mass is 10.1. The lowest BCUT2D eigenvalue weighted by Crippen LogP contribution is -2.41. The topological polar surface area (TPSA) is 69.6 Å². The summed E-state index contributed by atoms with van der Waals surface area (Å²) in [6.07, 6.45) is 1.33. The Morgan fingerprint density at radius 1 is 1.42 bits per heavy atom. The smallest absolute Gasteiger partial charge is 0.261 e. The fraction of sp³-hybridized carbons (Fsp3) is 0.538. The molecule has 2 heterocycles. The van der Waals surface area contributed by atoms with E-state index in [2.05, 4.69) is 5.32 Å². The minimum Gasteiger partial charge on any atom is -0.393 e. The number of aliphatic hydroxyl groups excluding tert-OH is 1. The Morgan fingerprint density at radius 3 is 2.79 bits per heavy atom. The molecule has 0 unspecified atom stereocenters. The summed E-state index contributed by atoms with van der Waals surface area (Å²) >= 11 is 1.38. The van der Waals surface area contributed by atoms with Crippen LogP contribution in [0.4, 0.5) is 0 Å². The Labute approximate surface area is 116 Å². The molecule has 19 heavy (non-hydrogen) atoms. The Kier molecular flexibility index (Phi) is 4.93. The maximum absolute atomic E-state index is 11.9. The van der Waals surface area contributed by atoms with Crippen molar-refractivity contribution in [2.75, 3.05) is 19.6 Å². The molecule has 0 spiro atoms. The normalized spacial score (nSPS) is 16.4. The van der Waals surface area contributed by atoms with Gasteiger partial charge in [0.25, 0.3) is 5.91 Å². The standard InChI is InChI=1S/C13H18N2O3S/c16-10-4-7-15(8-5-10)12(17)3-6-14-13(18)11-2-1-9-19-11/h1-2,9-10,16H,3-8H2,(H,14,18). The van der Waals surface area contributed by atoms with Crippen molar-refractivity contribution in [3.63, 3.8) is 0 Å². The molecule has 1 aromatic rings. The number of nitrogens with zero attached hydrogens (tertiary/aromatic N) is 1. The first-order valence-electron chi connectivity index (χ1n) is 6.44. The minimum absolute atomic E-state index is 0.0402. The molecule has 0 saturated carbocycles. The number of amides is 2. The summed E-state index contributed by atoms with van der Waals surface area (Å²) in [5.74, 6) is -0.0877. The third kappa shape index (κ3) is 4.04. The minimum atomic E-state index is -0.275. The van der Waals surface area contributed by atoms with Gasteiger partial charge in [0.05, 0.1) is 11.0 Å². The second kappa shape index (κ2) is 6.68. The molecule has 6 heteroatoms. The summed E-state index contributed by atoms with van der Waals surface area (Å²) in [6, 6.07) is 3.58. The van der Waals surface area contributed by atoms with E-state index in [-0.39, 0.29) is 17.9 Å². The van der Waals surface area contributed by atoms with E-state index >= 15 is 0 Å². The van der Waals surface area contributed by atoms with E-state index in [4.69, 9.17) is 0 Å². The van der Waals surface area contributed by atoms with Crippen LogP contribution in [0.3, 0.4) is 0 Å². The number of piperidine rings is 1. The highest BCUT2D eigenvalue weighted by molar-refractivity contribution is 7.12. The van der Waals surface area contributed by atoms with E-state index < -0.39 is 0 Å². The number of likely N-dealkylation sites (tertiary alicyclic amines) is 1. The highest BCUT2D eigenvalue weighted by Gasteiger charge is 2.20. The van der Waals surface area contributed by atoms with Crippen molar-refractivity contribution in [3.8, 4) is 0 Å². The fourth-order valence-corrected chi connectivity index (χ4v) is 2.69. The molecular formula is C13H18N2O3S. The van der Waals surface area contributed by atoms with Gasteiger partial charge in [-0.1, -0.05) is 6.07 Å². The molecule has 1 aliphatic heterocycles. The van der Waals surface area contributed by atoms with Gasteiger partial charge in [0.15, 0.2) is 0 Å². The molecule has 0 aliphatic carbocycles. The van der Waals surface area contributed by atoms with Crippen LogP contribution in [0.15, 0.2) is 17.5 Å². The van der Waals surface area contributed by atoms with E-state index in [1.54, 1.807) is 11.0 Å². The van der Waals surface area contributed by atoms with E-state index in [0.29, 0.717) is 43.8 Å². The van der Waals surface area contributed by atoms with Gasteiger partial charge in [-0.25, -0.2) is 0 Å². The van der Waals surface area contributed by atoms with Crippen LogP contribution in [0.2, 0.25) is 0 Å². The first-order valence-corrected chi connectivity index (χ1v) is 7.32. The first kappa shape index (κ1) is 14.0. The Hall–Kier alpha value is -1.40. The van der Waals surface area contributed by atoms with Gasteiger partial charge in [0.2, 0.25) is 5.91 Å². The molecule has 0 bridgehead atoms. The van der Waals surface area contributed by atoms with Crippen LogP contribution in [0.25, 0.3) is 0 Å². The molecule has 1 aromatic heterocycles. The zero-order valence-electron chi connectivity index (χ0n) is 10.7. The van der Waals surface area contributed by atoms with Crippen LogP contribution in [-0.2, 0) is 4.79 Å². The quantitative estimate of drug-likeness (QED) is 0.860. The van der Waals surface area contributed by atoms with Crippen LogP contribution < -0.4 is 5.32 Å². The maximum atomic E-state index is 11.9. The zero-order valence-corrected chi connectivity index (χ0v) is 11.5. The number of carbonyl (C=O) groups excluding carboxylic acids is 2. The van der Waals surface area contributed by atoms with E-state index in [1.165, 1.54) is 11.3 Å². The van der Waals surface area contributed by atoms with Gasteiger partial charge in [0.1, 0.15) is 0 Å². The highest BCUT2D eigenvalue weighted by atomic mass is 32.1. The average Bonchev–Trinajstić information content (AvgIpc) is 2.93. The number of carbonyl (C=O) groups is 2. The molecule has 0 atom stereocenters. The molecule has 0 radical (unpaired) electrons. The summed E-state index contributed by atoms with van der Waals surface area (Å²) in [5.41, 5.74) is 0. The Bertz CT molecular complexity index is 425. The van der Waals surface area contributed by atoms with Gasteiger partial charge in [-0.3, -0.25) is 9.59 Å².